The first-order valence-electron chi connectivity index (χ1n) is 8.12. The molecule has 3 nitrogen and oxygen atoms in total. The number of nitrogens with zero attached hydrogens (tertiary/aromatic N) is 1. The molecule has 0 unspecified atom stereocenters. The van der Waals surface area contributed by atoms with Gasteiger partial charge in [0, 0.05) is 32.1 Å². The lowest BCUT2D eigenvalue weighted by Gasteiger charge is -2.44. The highest BCUT2D eigenvalue weighted by Gasteiger charge is 2.36. The molecule has 1 aliphatic heterocycles. The first-order chi connectivity index (χ1) is 9.11. The third kappa shape index (κ3) is 4.20. The summed E-state index contributed by atoms with van der Waals surface area (Å²) in [5.74, 6) is 0.346. The smallest absolute Gasteiger partial charge is 0.223 e. The second-order valence-electron chi connectivity index (χ2n) is 6.80. The van der Waals surface area contributed by atoms with Crippen LogP contribution in [0.2, 0.25) is 0 Å². The van der Waals surface area contributed by atoms with E-state index in [0.29, 0.717) is 23.8 Å². The molecule has 1 saturated heterocycles. The molecule has 1 spiro atoms. The highest BCUT2D eigenvalue weighted by Crippen LogP contribution is 2.44. The van der Waals surface area contributed by atoms with Crippen molar-refractivity contribution >= 4 is 5.91 Å². The molecule has 3 heteroatoms. The molecule has 1 heterocycles. The lowest BCUT2D eigenvalue weighted by molar-refractivity contribution is -0.133. The Morgan fingerprint density at radius 3 is 2.32 bits per heavy atom. The lowest BCUT2D eigenvalue weighted by Crippen LogP contribution is -2.44. The van der Waals surface area contributed by atoms with Crippen molar-refractivity contribution in [2.45, 2.75) is 71.3 Å². The van der Waals surface area contributed by atoms with Crippen LogP contribution in [0.15, 0.2) is 0 Å². The number of hydrogen-bond donors (Lipinski definition) is 1. The van der Waals surface area contributed by atoms with Gasteiger partial charge in [-0.2, -0.15) is 0 Å². The van der Waals surface area contributed by atoms with Gasteiger partial charge in [0.05, 0.1) is 0 Å². The first kappa shape index (κ1) is 14.8. The van der Waals surface area contributed by atoms with E-state index in [1.807, 2.05) is 0 Å². The van der Waals surface area contributed by atoms with E-state index in [1.165, 1.54) is 44.9 Å². The third-order valence-corrected chi connectivity index (χ3v) is 4.98. The molecule has 0 radical (unpaired) electrons. The number of likely N-dealkylation sites (tertiary alicyclic amines) is 1. The SMILES string of the molecule is CC(C)NCCC(=O)N1CCC2(CCCCC2)CC1. The van der Waals surface area contributed by atoms with Crippen LogP contribution >= 0.6 is 0 Å². The van der Waals surface area contributed by atoms with Crippen LogP contribution in [0.1, 0.15) is 65.2 Å². The summed E-state index contributed by atoms with van der Waals surface area (Å²) in [7, 11) is 0. The zero-order valence-corrected chi connectivity index (χ0v) is 12.7. The van der Waals surface area contributed by atoms with Crippen molar-refractivity contribution in [3.63, 3.8) is 0 Å². The predicted molar refractivity (Wildman–Crippen MR) is 79.1 cm³/mol. The summed E-state index contributed by atoms with van der Waals surface area (Å²) < 4.78 is 0. The van der Waals surface area contributed by atoms with Crippen molar-refractivity contribution in [2.75, 3.05) is 19.6 Å². The summed E-state index contributed by atoms with van der Waals surface area (Å²) in [6.07, 6.45) is 10.2. The predicted octanol–water partition coefficient (Wildman–Crippen LogP) is 2.95. The minimum atomic E-state index is 0.346. The maximum absolute atomic E-state index is 12.1. The van der Waals surface area contributed by atoms with E-state index in [2.05, 4.69) is 24.1 Å². The van der Waals surface area contributed by atoms with E-state index < -0.39 is 0 Å². The Balaban J connectivity index is 1.71. The Hall–Kier alpha value is -0.570. The minimum absolute atomic E-state index is 0.346. The molecule has 0 aromatic carbocycles. The molecule has 0 aromatic rings. The quantitative estimate of drug-likeness (QED) is 0.848. The maximum atomic E-state index is 12.1. The fraction of sp³-hybridized carbons (Fsp3) is 0.938. The molecule has 0 atom stereocenters. The van der Waals surface area contributed by atoms with Crippen molar-refractivity contribution < 1.29 is 4.79 Å². The molecule has 0 aromatic heterocycles. The standard InChI is InChI=1S/C16H30N2O/c1-14(2)17-11-6-15(19)18-12-9-16(10-13-18)7-4-3-5-8-16/h14,17H,3-13H2,1-2H3. The minimum Gasteiger partial charge on any atom is -0.343 e. The number of carbonyl (C=O) groups excluding carboxylic acids is 1. The van der Waals surface area contributed by atoms with Crippen molar-refractivity contribution in [1.29, 1.82) is 0 Å². The van der Waals surface area contributed by atoms with Crippen molar-refractivity contribution in [1.82, 2.24) is 10.2 Å². The second-order valence-corrected chi connectivity index (χ2v) is 6.80. The molecular weight excluding hydrogens is 236 g/mol. The van der Waals surface area contributed by atoms with Gasteiger partial charge in [-0.05, 0) is 31.1 Å². The Morgan fingerprint density at radius 1 is 1.11 bits per heavy atom. The van der Waals surface area contributed by atoms with Gasteiger partial charge in [-0.15, -0.1) is 0 Å². The molecule has 1 aliphatic carbocycles. The van der Waals surface area contributed by atoms with Crippen molar-refractivity contribution in [3.8, 4) is 0 Å². The molecule has 1 amide bonds. The van der Waals surface area contributed by atoms with Crippen LogP contribution in [0.4, 0.5) is 0 Å². The van der Waals surface area contributed by atoms with E-state index in [-0.39, 0.29) is 0 Å². The van der Waals surface area contributed by atoms with Gasteiger partial charge in [-0.1, -0.05) is 33.1 Å². The molecule has 1 N–H and O–H groups in total. The van der Waals surface area contributed by atoms with Crippen molar-refractivity contribution in [2.24, 2.45) is 5.41 Å². The summed E-state index contributed by atoms with van der Waals surface area (Å²) in [6.45, 7) is 7.07. The molecule has 2 rings (SSSR count). The Kier molecular flexibility index (Phi) is 5.26. The van der Waals surface area contributed by atoms with Gasteiger partial charge in [-0.3, -0.25) is 4.79 Å². The van der Waals surface area contributed by atoms with Crippen LogP contribution in [0.25, 0.3) is 0 Å². The third-order valence-electron chi connectivity index (χ3n) is 4.98. The van der Waals surface area contributed by atoms with Gasteiger partial charge in [0.2, 0.25) is 5.91 Å². The fourth-order valence-corrected chi connectivity index (χ4v) is 3.66. The molecule has 2 aliphatic rings. The molecule has 110 valence electrons. The second kappa shape index (κ2) is 6.74. The summed E-state index contributed by atoms with van der Waals surface area (Å²) in [5, 5.41) is 3.32. The van der Waals surface area contributed by atoms with E-state index >= 15 is 0 Å². The summed E-state index contributed by atoms with van der Waals surface area (Å²) in [5.41, 5.74) is 0.602. The van der Waals surface area contributed by atoms with Gasteiger partial charge in [-0.25, -0.2) is 0 Å². The van der Waals surface area contributed by atoms with E-state index in [0.717, 1.165) is 19.6 Å². The topological polar surface area (TPSA) is 32.3 Å². The number of nitrogens with one attached hydrogen (secondary N) is 1. The number of hydrogen-bond acceptors (Lipinski definition) is 2. The van der Waals surface area contributed by atoms with Gasteiger partial charge >= 0.3 is 0 Å². The maximum Gasteiger partial charge on any atom is 0.223 e. The van der Waals surface area contributed by atoms with E-state index in [9.17, 15) is 4.79 Å². The van der Waals surface area contributed by atoms with Crippen LogP contribution in [-0.2, 0) is 4.79 Å². The van der Waals surface area contributed by atoms with Crippen molar-refractivity contribution in [3.05, 3.63) is 0 Å². The van der Waals surface area contributed by atoms with Gasteiger partial charge in [0.25, 0.3) is 0 Å². The van der Waals surface area contributed by atoms with Gasteiger partial charge in [0.1, 0.15) is 0 Å². The lowest BCUT2D eigenvalue weighted by atomic mass is 9.68. The average molecular weight is 266 g/mol. The number of carbonyl (C=O) groups is 1. The van der Waals surface area contributed by atoms with Crippen LogP contribution < -0.4 is 5.32 Å². The molecule has 2 fully saturated rings. The molecule has 1 saturated carbocycles. The Bertz CT molecular complexity index is 285. The van der Waals surface area contributed by atoms with E-state index in [1.54, 1.807) is 0 Å². The monoisotopic (exact) mass is 266 g/mol. The Labute approximate surface area is 118 Å². The normalized spacial score (nSPS) is 23.0. The van der Waals surface area contributed by atoms with Crippen LogP contribution in [0, 0.1) is 5.41 Å². The van der Waals surface area contributed by atoms with E-state index in [4.69, 9.17) is 0 Å². The zero-order valence-electron chi connectivity index (χ0n) is 12.7. The molecular formula is C16H30N2O. The number of piperidine rings is 1. The number of rotatable bonds is 4. The van der Waals surface area contributed by atoms with Crippen LogP contribution in [0.3, 0.4) is 0 Å². The summed E-state index contributed by atoms with van der Waals surface area (Å²) in [4.78, 5) is 14.2. The molecule has 0 bridgehead atoms. The zero-order chi connectivity index (χ0) is 13.7. The van der Waals surface area contributed by atoms with Crippen LogP contribution in [0.5, 0.6) is 0 Å². The fourth-order valence-electron chi connectivity index (χ4n) is 3.66. The highest BCUT2D eigenvalue weighted by atomic mass is 16.2. The molecule has 19 heavy (non-hydrogen) atoms. The Morgan fingerprint density at radius 2 is 1.74 bits per heavy atom. The largest absolute Gasteiger partial charge is 0.343 e. The van der Waals surface area contributed by atoms with Gasteiger partial charge < -0.3 is 10.2 Å². The van der Waals surface area contributed by atoms with Gasteiger partial charge in [0.15, 0.2) is 0 Å². The van der Waals surface area contributed by atoms with Crippen LogP contribution in [-0.4, -0.2) is 36.5 Å². The number of amides is 1. The first-order valence-corrected chi connectivity index (χ1v) is 8.12. The summed E-state index contributed by atoms with van der Waals surface area (Å²) >= 11 is 0. The highest BCUT2D eigenvalue weighted by molar-refractivity contribution is 5.76. The summed E-state index contributed by atoms with van der Waals surface area (Å²) in [6, 6.07) is 0.472. The average Bonchev–Trinajstić information content (AvgIpc) is 2.40.